The molecule has 0 spiro atoms. The van der Waals surface area contributed by atoms with Crippen molar-refractivity contribution in [1.29, 1.82) is 0 Å². The number of likely N-dealkylation sites (tertiary alicyclic amines) is 1. The summed E-state index contributed by atoms with van der Waals surface area (Å²) in [6.07, 6.45) is 2.38. The van der Waals surface area contributed by atoms with E-state index in [1.165, 1.54) is 12.8 Å². The molecule has 1 aliphatic rings. The van der Waals surface area contributed by atoms with E-state index in [1.807, 2.05) is 13.0 Å². The maximum atomic E-state index is 4.54. The zero-order valence-electron chi connectivity index (χ0n) is 10.7. The molecule has 2 heterocycles. The van der Waals surface area contributed by atoms with Gasteiger partial charge in [0.1, 0.15) is 5.82 Å². The van der Waals surface area contributed by atoms with Gasteiger partial charge in [0.2, 0.25) is 0 Å². The number of halogens is 1. The Morgan fingerprint density at radius 2 is 2.24 bits per heavy atom. The van der Waals surface area contributed by atoms with Crippen LogP contribution in [0.2, 0.25) is 0 Å². The summed E-state index contributed by atoms with van der Waals surface area (Å²) in [4.78, 5) is 6.95. The van der Waals surface area contributed by atoms with Crippen LogP contribution >= 0.6 is 15.9 Å². The first kappa shape index (κ1) is 12.8. The van der Waals surface area contributed by atoms with Gasteiger partial charge in [0.15, 0.2) is 0 Å². The van der Waals surface area contributed by atoms with Crippen molar-refractivity contribution in [2.24, 2.45) is 0 Å². The van der Waals surface area contributed by atoms with Crippen LogP contribution in [0.1, 0.15) is 25.5 Å². The van der Waals surface area contributed by atoms with Crippen LogP contribution < -0.4 is 5.32 Å². The number of aryl methyl sites for hydroxylation is 1. The number of pyridine rings is 1. The number of hydrogen-bond donors (Lipinski definition) is 1. The molecule has 0 aliphatic carbocycles. The molecular weight excluding hydrogens is 278 g/mol. The van der Waals surface area contributed by atoms with Crippen LogP contribution in [0, 0.1) is 6.92 Å². The third-order valence-electron chi connectivity index (χ3n) is 3.58. The van der Waals surface area contributed by atoms with Crippen LogP contribution in [0.5, 0.6) is 0 Å². The first-order chi connectivity index (χ1) is 8.06. The Balaban J connectivity index is 1.99. The number of nitrogens with zero attached hydrogens (tertiary/aromatic N) is 2. The Kier molecular flexibility index (Phi) is 4.05. The number of anilines is 1. The minimum absolute atomic E-state index is 0.550. The van der Waals surface area contributed by atoms with Gasteiger partial charge in [0.25, 0.3) is 0 Å². The predicted octanol–water partition coefficient (Wildman–Crippen LogP) is 3.05. The highest BCUT2D eigenvalue weighted by Gasteiger charge is 2.22. The zero-order valence-corrected chi connectivity index (χ0v) is 12.3. The summed E-state index contributed by atoms with van der Waals surface area (Å²) in [5.41, 5.74) is 1.04. The van der Waals surface area contributed by atoms with Crippen LogP contribution in [0.3, 0.4) is 0 Å². The molecule has 3 nitrogen and oxygen atoms in total. The van der Waals surface area contributed by atoms with Crippen LogP contribution in [0.15, 0.2) is 16.6 Å². The van der Waals surface area contributed by atoms with Crippen molar-refractivity contribution in [3.63, 3.8) is 0 Å². The lowest BCUT2D eigenvalue weighted by Gasteiger charge is -2.35. The van der Waals surface area contributed by atoms with Crippen molar-refractivity contribution in [3.05, 3.63) is 22.3 Å². The Morgan fingerprint density at radius 1 is 1.47 bits per heavy atom. The number of aromatic nitrogens is 1. The second kappa shape index (κ2) is 5.36. The van der Waals surface area contributed by atoms with Crippen molar-refractivity contribution in [3.8, 4) is 0 Å². The second-order valence-electron chi connectivity index (χ2n) is 4.96. The molecule has 1 N–H and O–H groups in total. The molecule has 1 aromatic heterocycles. The highest BCUT2D eigenvalue weighted by atomic mass is 79.9. The fraction of sp³-hybridized carbons (Fsp3) is 0.615. The Bertz CT molecular complexity index is 394. The molecule has 94 valence electrons. The van der Waals surface area contributed by atoms with E-state index in [0.717, 1.165) is 22.5 Å². The third-order valence-corrected chi connectivity index (χ3v) is 4.42. The molecule has 4 heteroatoms. The van der Waals surface area contributed by atoms with E-state index < -0.39 is 0 Å². The molecule has 0 radical (unpaired) electrons. The van der Waals surface area contributed by atoms with Gasteiger partial charge in [0, 0.05) is 23.1 Å². The summed E-state index contributed by atoms with van der Waals surface area (Å²) in [5.74, 6) is 0.993. The average Bonchev–Trinajstić information content (AvgIpc) is 2.29. The van der Waals surface area contributed by atoms with E-state index in [0.29, 0.717) is 12.1 Å². The standard InChI is InChI=1S/C13H20BrN3/c1-9-8-11(6-7-17(9)3)16-13-5-4-12(14)10(2)15-13/h4-5,9,11H,6-8H2,1-3H3,(H,15,16). The Labute approximate surface area is 112 Å². The summed E-state index contributed by atoms with van der Waals surface area (Å²) in [7, 11) is 2.20. The lowest BCUT2D eigenvalue weighted by molar-refractivity contribution is 0.190. The molecule has 2 rings (SSSR count). The number of hydrogen-bond acceptors (Lipinski definition) is 3. The molecule has 0 amide bonds. The molecular formula is C13H20BrN3. The lowest BCUT2D eigenvalue weighted by atomic mass is 9.99. The van der Waals surface area contributed by atoms with Crippen LogP contribution in [0.25, 0.3) is 0 Å². The molecule has 1 fully saturated rings. The summed E-state index contributed by atoms with van der Waals surface area (Å²) in [6, 6.07) is 5.30. The largest absolute Gasteiger partial charge is 0.367 e. The van der Waals surface area contributed by atoms with Gasteiger partial charge >= 0.3 is 0 Å². The molecule has 2 unspecified atom stereocenters. The first-order valence-corrected chi connectivity index (χ1v) is 6.95. The SMILES string of the molecule is Cc1nc(NC2CCN(C)C(C)C2)ccc1Br. The molecule has 0 aromatic carbocycles. The smallest absolute Gasteiger partial charge is 0.126 e. The lowest BCUT2D eigenvalue weighted by Crippen LogP contribution is -2.42. The quantitative estimate of drug-likeness (QED) is 0.909. The topological polar surface area (TPSA) is 28.2 Å². The molecule has 2 atom stereocenters. The van der Waals surface area contributed by atoms with E-state index in [9.17, 15) is 0 Å². The summed E-state index contributed by atoms with van der Waals surface area (Å²) < 4.78 is 1.07. The first-order valence-electron chi connectivity index (χ1n) is 6.16. The van der Waals surface area contributed by atoms with Crippen molar-refractivity contribution < 1.29 is 0 Å². The summed E-state index contributed by atoms with van der Waals surface area (Å²) in [5, 5.41) is 3.54. The predicted molar refractivity (Wildman–Crippen MR) is 75.4 cm³/mol. The van der Waals surface area contributed by atoms with Gasteiger partial charge in [-0.15, -0.1) is 0 Å². The molecule has 0 saturated carbocycles. The second-order valence-corrected chi connectivity index (χ2v) is 5.81. The van der Waals surface area contributed by atoms with Crippen molar-refractivity contribution in [2.45, 2.75) is 38.8 Å². The fourth-order valence-electron chi connectivity index (χ4n) is 2.25. The Hall–Kier alpha value is -0.610. The summed E-state index contributed by atoms with van der Waals surface area (Å²) in [6.45, 7) is 5.47. The van der Waals surface area contributed by atoms with Gasteiger partial charge in [-0.25, -0.2) is 4.98 Å². The van der Waals surface area contributed by atoms with E-state index in [1.54, 1.807) is 0 Å². The third kappa shape index (κ3) is 3.19. The maximum absolute atomic E-state index is 4.54. The minimum atomic E-state index is 0.550. The number of nitrogens with one attached hydrogen (secondary N) is 1. The highest BCUT2D eigenvalue weighted by Crippen LogP contribution is 2.21. The van der Waals surface area contributed by atoms with Crippen LogP contribution in [-0.2, 0) is 0 Å². The molecule has 1 aromatic rings. The highest BCUT2D eigenvalue weighted by molar-refractivity contribution is 9.10. The Morgan fingerprint density at radius 3 is 2.88 bits per heavy atom. The van der Waals surface area contributed by atoms with E-state index in [-0.39, 0.29) is 0 Å². The fourth-order valence-corrected chi connectivity index (χ4v) is 2.47. The monoisotopic (exact) mass is 297 g/mol. The average molecular weight is 298 g/mol. The van der Waals surface area contributed by atoms with Crippen molar-refractivity contribution in [1.82, 2.24) is 9.88 Å². The van der Waals surface area contributed by atoms with E-state index in [4.69, 9.17) is 0 Å². The van der Waals surface area contributed by atoms with Gasteiger partial charge in [-0.2, -0.15) is 0 Å². The maximum Gasteiger partial charge on any atom is 0.126 e. The van der Waals surface area contributed by atoms with Crippen LogP contribution in [0.4, 0.5) is 5.82 Å². The normalized spacial score (nSPS) is 25.9. The van der Waals surface area contributed by atoms with Crippen molar-refractivity contribution in [2.75, 3.05) is 18.9 Å². The van der Waals surface area contributed by atoms with E-state index >= 15 is 0 Å². The van der Waals surface area contributed by atoms with E-state index in [2.05, 4.69) is 51.2 Å². The summed E-state index contributed by atoms with van der Waals surface area (Å²) >= 11 is 3.48. The van der Waals surface area contributed by atoms with Gasteiger partial charge in [-0.3, -0.25) is 0 Å². The van der Waals surface area contributed by atoms with Crippen LogP contribution in [-0.4, -0.2) is 35.6 Å². The molecule has 1 saturated heterocycles. The number of piperidine rings is 1. The van der Waals surface area contributed by atoms with Gasteiger partial charge in [-0.1, -0.05) is 0 Å². The zero-order chi connectivity index (χ0) is 12.4. The van der Waals surface area contributed by atoms with Crippen molar-refractivity contribution >= 4 is 21.7 Å². The van der Waals surface area contributed by atoms with Gasteiger partial charge in [-0.05, 0) is 61.8 Å². The molecule has 17 heavy (non-hydrogen) atoms. The molecule has 1 aliphatic heterocycles. The number of rotatable bonds is 2. The molecule has 0 bridgehead atoms. The minimum Gasteiger partial charge on any atom is -0.367 e. The van der Waals surface area contributed by atoms with Gasteiger partial charge < -0.3 is 10.2 Å². The van der Waals surface area contributed by atoms with Gasteiger partial charge in [0.05, 0.1) is 5.69 Å².